The molecule has 2 fully saturated rings. The largest absolute Gasteiger partial charge is 0.393 e. The van der Waals surface area contributed by atoms with Crippen LogP contribution in [0, 0.1) is 34.5 Å². The Morgan fingerprint density at radius 1 is 1.30 bits per heavy atom. The van der Waals surface area contributed by atoms with Gasteiger partial charge in [-0.05, 0) is 48.3 Å². The van der Waals surface area contributed by atoms with Gasteiger partial charge in [-0.25, -0.2) is 0 Å². The Hall–Kier alpha value is -1.56. The van der Waals surface area contributed by atoms with Gasteiger partial charge in [0.05, 0.1) is 6.10 Å². The summed E-state index contributed by atoms with van der Waals surface area (Å²) in [5.74, 6) is -1.00. The standard InChI is InChI=1S/C22H28O5/c1-12-8-16-15-5-4-13-9-14(24)6-7-20(13,2)19(15)17(25)10-21(16,3)22(12,27)18(26)11-23/h4-7,9,12,15-17,19,23,25,27H,8,10-11H2,1-3H3/t12-,15-,16-,17-,19+,20-,21-,22-/m0/s1. The Bertz CT molecular complexity index is 795. The van der Waals surface area contributed by atoms with Crippen LogP contribution in [0.2, 0.25) is 0 Å². The van der Waals surface area contributed by atoms with Crippen LogP contribution in [0.5, 0.6) is 0 Å². The molecule has 0 unspecified atom stereocenters. The molecule has 8 atom stereocenters. The van der Waals surface area contributed by atoms with E-state index in [2.05, 4.69) is 13.0 Å². The number of aliphatic hydroxyl groups is 3. The van der Waals surface area contributed by atoms with E-state index in [1.54, 1.807) is 12.2 Å². The molecule has 0 aromatic rings. The van der Waals surface area contributed by atoms with Gasteiger partial charge in [-0.3, -0.25) is 9.59 Å². The Labute approximate surface area is 159 Å². The van der Waals surface area contributed by atoms with Gasteiger partial charge in [-0.1, -0.05) is 39.0 Å². The second-order valence-electron chi connectivity index (χ2n) is 9.36. The van der Waals surface area contributed by atoms with Crippen molar-refractivity contribution in [1.82, 2.24) is 0 Å². The molecule has 27 heavy (non-hydrogen) atoms. The predicted octanol–water partition coefficient (Wildman–Crippen LogP) is 1.58. The lowest BCUT2D eigenvalue weighted by Crippen LogP contribution is -2.62. The minimum atomic E-state index is -1.64. The monoisotopic (exact) mass is 372 g/mol. The lowest BCUT2D eigenvalue weighted by atomic mass is 9.47. The van der Waals surface area contributed by atoms with Crippen LogP contribution < -0.4 is 0 Å². The normalized spacial score (nSPS) is 50.7. The highest BCUT2D eigenvalue weighted by atomic mass is 16.3. The third-order valence-corrected chi connectivity index (χ3v) is 8.21. The molecule has 2 saturated carbocycles. The zero-order chi connectivity index (χ0) is 19.8. The van der Waals surface area contributed by atoms with Gasteiger partial charge in [0, 0.05) is 16.7 Å². The molecule has 0 saturated heterocycles. The van der Waals surface area contributed by atoms with Crippen molar-refractivity contribution < 1.29 is 24.9 Å². The Kier molecular flexibility index (Phi) is 3.98. The van der Waals surface area contributed by atoms with Crippen LogP contribution in [-0.4, -0.2) is 45.2 Å². The summed E-state index contributed by atoms with van der Waals surface area (Å²) in [5.41, 5.74) is -1.98. The lowest BCUT2D eigenvalue weighted by molar-refractivity contribution is -0.178. The molecule has 0 bridgehead atoms. The maximum Gasteiger partial charge on any atom is 0.190 e. The number of ketones is 2. The van der Waals surface area contributed by atoms with E-state index >= 15 is 0 Å². The van der Waals surface area contributed by atoms with Crippen LogP contribution in [0.15, 0.2) is 36.0 Å². The highest BCUT2D eigenvalue weighted by Gasteiger charge is 2.69. The van der Waals surface area contributed by atoms with Crippen LogP contribution in [0.25, 0.3) is 0 Å². The summed E-state index contributed by atoms with van der Waals surface area (Å²) >= 11 is 0. The number of hydrogen-bond donors (Lipinski definition) is 3. The number of hydrogen-bond acceptors (Lipinski definition) is 5. The molecule has 0 amide bonds. The van der Waals surface area contributed by atoms with E-state index in [9.17, 15) is 24.9 Å². The summed E-state index contributed by atoms with van der Waals surface area (Å²) in [7, 11) is 0. The van der Waals surface area contributed by atoms with E-state index in [0.29, 0.717) is 12.8 Å². The molecule has 5 heteroatoms. The van der Waals surface area contributed by atoms with Crippen LogP contribution in [0.3, 0.4) is 0 Å². The number of allylic oxidation sites excluding steroid dienone is 6. The van der Waals surface area contributed by atoms with Crippen molar-refractivity contribution in [2.45, 2.75) is 45.3 Å². The van der Waals surface area contributed by atoms with Gasteiger partial charge >= 0.3 is 0 Å². The molecular formula is C22H28O5. The molecule has 0 aromatic carbocycles. The number of rotatable bonds is 2. The van der Waals surface area contributed by atoms with Crippen molar-refractivity contribution in [3.8, 4) is 0 Å². The average molecular weight is 372 g/mol. The van der Waals surface area contributed by atoms with E-state index in [-0.39, 0.29) is 29.5 Å². The smallest absolute Gasteiger partial charge is 0.190 e. The molecule has 5 nitrogen and oxygen atoms in total. The minimum Gasteiger partial charge on any atom is -0.393 e. The molecule has 4 aliphatic rings. The topological polar surface area (TPSA) is 94.8 Å². The second-order valence-corrected chi connectivity index (χ2v) is 9.36. The van der Waals surface area contributed by atoms with E-state index in [4.69, 9.17) is 0 Å². The second kappa shape index (κ2) is 5.72. The first-order valence-electron chi connectivity index (χ1n) is 9.77. The Morgan fingerprint density at radius 3 is 2.67 bits per heavy atom. The quantitative estimate of drug-likeness (QED) is 0.684. The molecule has 0 aliphatic heterocycles. The van der Waals surface area contributed by atoms with E-state index < -0.39 is 34.9 Å². The van der Waals surface area contributed by atoms with Gasteiger partial charge < -0.3 is 15.3 Å². The van der Waals surface area contributed by atoms with Gasteiger partial charge in [0.2, 0.25) is 0 Å². The molecular weight excluding hydrogens is 344 g/mol. The molecule has 0 spiro atoms. The van der Waals surface area contributed by atoms with Gasteiger partial charge in [-0.15, -0.1) is 0 Å². The summed E-state index contributed by atoms with van der Waals surface area (Å²) < 4.78 is 0. The molecule has 0 heterocycles. The fraction of sp³-hybridized carbons (Fsp3) is 0.636. The van der Waals surface area contributed by atoms with Crippen molar-refractivity contribution in [3.63, 3.8) is 0 Å². The highest BCUT2D eigenvalue weighted by Crippen LogP contribution is 2.67. The summed E-state index contributed by atoms with van der Waals surface area (Å²) in [6, 6.07) is 0. The highest BCUT2D eigenvalue weighted by molar-refractivity contribution is 6.01. The first kappa shape index (κ1) is 18.8. The summed E-state index contributed by atoms with van der Waals surface area (Å²) in [6.45, 7) is 5.10. The maximum atomic E-state index is 12.5. The van der Waals surface area contributed by atoms with Crippen LogP contribution in [-0.2, 0) is 9.59 Å². The van der Waals surface area contributed by atoms with Crippen molar-refractivity contribution in [3.05, 3.63) is 36.0 Å². The number of carbonyl (C=O) groups is 2. The average Bonchev–Trinajstić information content (AvgIpc) is 2.82. The molecule has 4 rings (SSSR count). The van der Waals surface area contributed by atoms with Crippen molar-refractivity contribution >= 4 is 11.6 Å². The summed E-state index contributed by atoms with van der Waals surface area (Å²) in [6.07, 6.45) is 9.37. The Balaban J connectivity index is 1.83. The van der Waals surface area contributed by atoms with Gasteiger partial charge in [-0.2, -0.15) is 0 Å². The maximum absolute atomic E-state index is 12.5. The third kappa shape index (κ3) is 2.16. The predicted molar refractivity (Wildman–Crippen MR) is 99.5 cm³/mol. The summed E-state index contributed by atoms with van der Waals surface area (Å²) in [4.78, 5) is 24.4. The van der Waals surface area contributed by atoms with E-state index in [0.717, 1.165) is 5.57 Å². The van der Waals surface area contributed by atoms with E-state index in [1.165, 1.54) is 0 Å². The van der Waals surface area contributed by atoms with Crippen LogP contribution in [0.1, 0.15) is 33.6 Å². The molecule has 146 valence electrons. The fourth-order valence-electron chi connectivity index (χ4n) is 6.84. The van der Waals surface area contributed by atoms with Gasteiger partial charge in [0.15, 0.2) is 11.6 Å². The number of carbonyl (C=O) groups excluding carboxylic acids is 2. The Morgan fingerprint density at radius 2 is 2.00 bits per heavy atom. The molecule has 0 aromatic heterocycles. The van der Waals surface area contributed by atoms with Crippen molar-refractivity contribution in [1.29, 1.82) is 0 Å². The summed E-state index contributed by atoms with van der Waals surface area (Å²) in [5, 5.41) is 32.1. The van der Waals surface area contributed by atoms with Gasteiger partial charge in [0.25, 0.3) is 0 Å². The molecule has 0 radical (unpaired) electrons. The first-order valence-corrected chi connectivity index (χ1v) is 9.77. The molecule has 4 aliphatic carbocycles. The minimum absolute atomic E-state index is 0.0123. The van der Waals surface area contributed by atoms with Crippen LogP contribution >= 0.6 is 0 Å². The zero-order valence-corrected chi connectivity index (χ0v) is 16.1. The molecule has 3 N–H and O–H groups in total. The van der Waals surface area contributed by atoms with Crippen molar-refractivity contribution in [2.75, 3.05) is 6.61 Å². The first-order chi connectivity index (χ1) is 12.6. The SMILES string of the molecule is C[C@H]1C[C@H]2[C@@H]3C=CC4=CC(=O)C=C[C@]4(C)[C@H]3[C@@H](O)C[C@]2(C)[C@@]1(O)C(=O)CO. The van der Waals surface area contributed by atoms with E-state index in [1.807, 2.05) is 26.0 Å². The van der Waals surface area contributed by atoms with Gasteiger partial charge in [0.1, 0.15) is 12.2 Å². The number of aliphatic hydroxyl groups excluding tert-OH is 2. The zero-order valence-electron chi connectivity index (χ0n) is 16.1. The fourth-order valence-corrected chi connectivity index (χ4v) is 6.84. The number of fused-ring (bicyclic) bond motifs is 5. The van der Waals surface area contributed by atoms with Crippen LogP contribution in [0.4, 0.5) is 0 Å². The lowest BCUT2D eigenvalue weighted by Gasteiger charge is -2.57. The van der Waals surface area contributed by atoms with Crippen molar-refractivity contribution in [2.24, 2.45) is 34.5 Å². The number of Topliss-reactive ketones (excluding diaryl/α,β-unsaturated/α-hetero) is 1. The third-order valence-electron chi connectivity index (χ3n) is 8.21.